The van der Waals surface area contributed by atoms with Crippen molar-refractivity contribution < 1.29 is 4.74 Å². The Morgan fingerprint density at radius 2 is 2.05 bits per heavy atom. The molecular formula is C16H18N2O. The lowest BCUT2D eigenvalue weighted by atomic mass is 9.86. The minimum absolute atomic E-state index is 0.0464. The number of nitrogens with zero attached hydrogens (tertiary/aromatic N) is 1. The van der Waals surface area contributed by atoms with E-state index in [9.17, 15) is 0 Å². The molecule has 3 heteroatoms. The molecule has 1 aliphatic heterocycles. The fraction of sp³-hybridized carbons (Fsp3) is 0.312. The molecule has 1 aromatic heterocycles. The molecule has 0 radical (unpaired) electrons. The summed E-state index contributed by atoms with van der Waals surface area (Å²) in [6, 6.07) is 8.14. The van der Waals surface area contributed by atoms with Crippen LogP contribution in [-0.4, -0.2) is 11.6 Å². The van der Waals surface area contributed by atoms with Crippen molar-refractivity contribution in [3.8, 4) is 17.0 Å². The molecule has 0 aliphatic carbocycles. The number of aryl methyl sites for hydroxylation is 1. The molecule has 0 saturated heterocycles. The predicted octanol–water partition coefficient (Wildman–Crippen LogP) is 3.31. The zero-order valence-electron chi connectivity index (χ0n) is 11.5. The first kappa shape index (κ1) is 12.0. The lowest BCUT2D eigenvalue weighted by Crippen LogP contribution is -2.18. The van der Waals surface area contributed by atoms with Gasteiger partial charge in [0, 0.05) is 22.7 Å². The quantitative estimate of drug-likeness (QED) is 0.849. The van der Waals surface area contributed by atoms with Crippen LogP contribution in [0, 0.1) is 6.92 Å². The molecule has 0 atom stereocenters. The highest BCUT2D eigenvalue weighted by Crippen LogP contribution is 2.40. The third-order valence-corrected chi connectivity index (χ3v) is 3.62. The van der Waals surface area contributed by atoms with Gasteiger partial charge >= 0.3 is 0 Å². The zero-order valence-corrected chi connectivity index (χ0v) is 11.5. The molecule has 0 saturated carbocycles. The Hall–Kier alpha value is -2.03. The van der Waals surface area contributed by atoms with Crippen molar-refractivity contribution in [2.24, 2.45) is 0 Å². The highest BCUT2D eigenvalue weighted by atomic mass is 16.5. The molecule has 2 heterocycles. The van der Waals surface area contributed by atoms with Crippen LogP contribution in [-0.2, 0) is 5.41 Å². The van der Waals surface area contributed by atoms with Crippen molar-refractivity contribution in [3.05, 3.63) is 41.6 Å². The van der Waals surface area contributed by atoms with Gasteiger partial charge in [0.05, 0.1) is 18.0 Å². The van der Waals surface area contributed by atoms with Crippen LogP contribution in [0.1, 0.15) is 25.0 Å². The largest absolute Gasteiger partial charge is 0.492 e. The van der Waals surface area contributed by atoms with E-state index in [0.717, 1.165) is 34.9 Å². The molecule has 0 fully saturated rings. The average molecular weight is 254 g/mol. The van der Waals surface area contributed by atoms with E-state index in [4.69, 9.17) is 10.5 Å². The number of ether oxygens (including phenoxy) is 1. The van der Waals surface area contributed by atoms with Gasteiger partial charge in [-0.1, -0.05) is 13.8 Å². The molecule has 2 aromatic rings. The van der Waals surface area contributed by atoms with Crippen LogP contribution in [0.2, 0.25) is 0 Å². The van der Waals surface area contributed by atoms with Gasteiger partial charge in [0.25, 0.3) is 0 Å². The normalized spacial score (nSPS) is 15.9. The lowest BCUT2D eigenvalue weighted by molar-refractivity contribution is 0.291. The summed E-state index contributed by atoms with van der Waals surface area (Å²) in [6.45, 7) is 7.10. The average Bonchev–Trinajstić information content (AvgIpc) is 2.65. The van der Waals surface area contributed by atoms with Gasteiger partial charge in [-0.2, -0.15) is 0 Å². The van der Waals surface area contributed by atoms with E-state index >= 15 is 0 Å². The van der Waals surface area contributed by atoms with Gasteiger partial charge in [-0.3, -0.25) is 4.98 Å². The van der Waals surface area contributed by atoms with Crippen LogP contribution in [0.5, 0.6) is 5.75 Å². The summed E-state index contributed by atoms with van der Waals surface area (Å²) >= 11 is 0. The summed E-state index contributed by atoms with van der Waals surface area (Å²) in [5.74, 6) is 0.972. The van der Waals surface area contributed by atoms with Gasteiger partial charge in [0.1, 0.15) is 5.75 Å². The minimum Gasteiger partial charge on any atom is -0.492 e. The highest BCUT2D eigenvalue weighted by molar-refractivity contribution is 5.74. The minimum atomic E-state index is 0.0464. The second kappa shape index (κ2) is 3.98. The van der Waals surface area contributed by atoms with E-state index < -0.39 is 0 Å². The summed E-state index contributed by atoms with van der Waals surface area (Å²) in [5, 5.41) is 0. The molecule has 0 unspecified atom stereocenters. The molecular weight excluding hydrogens is 236 g/mol. The smallest absolute Gasteiger partial charge is 0.123 e. The summed E-state index contributed by atoms with van der Waals surface area (Å²) in [4.78, 5) is 4.46. The maximum atomic E-state index is 6.07. The first-order valence-electron chi connectivity index (χ1n) is 6.47. The van der Waals surface area contributed by atoms with Gasteiger partial charge < -0.3 is 10.5 Å². The van der Waals surface area contributed by atoms with Crippen molar-refractivity contribution in [2.45, 2.75) is 26.2 Å². The van der Waals surface area contributed by atoms with E-state index in [1.807, 2.05) is 31.3 Å². The first-order chi connectivity index (χ1) is 8.97. The van der Waals surface area contributed by atoms with Crippen molar-refractivity contribution in [1.29, 1.82) is 0 Å². The molecule has 3 rings (SSSR count). The molecule has 19 heavy (non-hydrogen) atoms. The van der Waals surface area contributed by atoms with Gasteiger partial charge in [0.15, 0.2) is 0 Å². The Kier molecular flexibility index (Phi) is 2.52. The van der Waals surface area contributed by atoms with Gasteiger partial charge in [-0.15, -0.1) is 0 Å². The maximum Gasteiger partial charge on any atom is 0.123 e. The van der Waals surface area contributed by atoms with E-state index in [2.05, 4.69) is 24.9 Å². The van der Waals surface area contributed by atoms with Crippen LogP contribution in [0.25, 0.3) is 11.3 Å². The predicted molar refractivity (Wildman–Crippen MR) is 77.3 cm³/mol. The Labute approximate surface area is 113 Å². The monoisotopic (exact) mass is 254 g/mol. The van der Waals surface area contributed by atoms with Gasteiger partial charge in [-0.05, 0) is 36.8 Å². The summed E-state index contributed by atoms with van der Waals surface area (Å²) in [6.07, 6.45) is 1.85. The highest BCUT2D eigenvalue weighted by Gasteiger charge is 2.32. The fourth-order valence-corrected chi connectivity index (χ4v) is 2.50. The number of aromatic nitrogens is 1. The van der Waals surface area contributed by atoms with Crippen LogP contribution in [0.15, 0.2) is 30.5 Å². The van der Waals surface area contributed by atoms with Crippen molar-refractivity contribution in [3.63, 3.8) is 0 Å². The number of nitrogens with two attached hydrogens (primary N) is 1. The van der Waals surface area contributed by atoms with Crippen molar-refractivity contribution in [2.75, 3.05) is 12.3 Å². The Bertz CT molecular complexity index is 647. The lowest BCUT2D eigenvalue weighted by Gasteiger charge is -2.16. The standard InChI is InChI=1S/C16H18N2O/c1-10-6-13(17)15(18-8-10)11-4-5-14-12(7-11)16(2,3)9-19-14/h4-8H,9,17H2,1-3H3. The summed E-state index contributed by atoms with van der Waals surface area (Å²) in [5.41, 5.74) is 11.0. The fourth-order valence-electron chi connectivity index (χ4n) is 2.50. The number of hydrogen-bond donors (Lipinski definition) is 1. The third kappa shape index (κ3) is 1.95. The van der Waals surface area contributed by atoms with Crippen molar-refractivity contribution >= 4 is 5.69 Å². The van der Waals surface area contributed by atoms with E-state index in [-0.39, 0.29) is 5.41 Å². The number of fused-ring (bicyclic) bond motifs is 1. The molecule has 98 valence electrons. The number of nitrogen functional groups attached to an aromatic ring is 1. The molecule has 1 aliphatic rings. The third-order valence-electron chi connectivity index (χ3n) is 3.62. The topological polar surface area (TPSA) is 48.1 Å². The molecule has 1 aromatic carbocycles. The number of hydrogen-bond acceptors (Lipinski definition) is 3. The Morgan fingerprint density at radius 1 is 1.26 bits per heavy atom. The molecule has 0 bridgehead atoms. The second-order valence-electron chi connectivity index (χ2n) is 5.83. The number of benzene rings is 1. The second-order valence-corrected chi connectivity index (χ2v) is 5.83. The van der Waals surface area contributed by atoms with Crippen LogP contribution in [0.4, 0.5) is 5.69 Å². The number of pyridine rings is 1. The van der Waals surface area contributed by atoms with Gasteiger partial charge in [0.2, 0.25) is 0 Å². The van der Waals surface area contributed by atoms with E-state index in [1.54, 1.807) is 0 Å². The number of anilines is 1. The van der Waals surface area contributed by atoms with Gasteiger partial charge in [-0.25, -0.2) is 0 Å². The zero-order chi connectivity index (χ0) is 13.6. The molecule has 0 amide bonds. The summed E-state index contributed by atoms with van der Waals surface area (Å²) < 4.78 is 5.70. The van der Waals surface area contributed by atoms with Crippen LogP contribution in [0.3, 0.4) is 0 Å². The molecule has 3 nitrogen and oxygen atoms in total. The molecule has 0 spiro atoms. The SMILES string of the molecule is Cc1cnc(-c2ccc3c(c2)C(C)(C)CO3)c(N)c1. The number of rotatable bonds is 1. The maximum absolute atomic E-state index is 6.07. The van der Waals surface area contributed by atoms with E-state index in [0.29, 0.717) is 0 Å². The van der Waals surface area contributed by atoms with Crippen LogP contribution < -0.4 is 10.5 Å². The Balaban J connectivity index is 2.13. The first-order valence-corrected chi connectivity index (χ1v) is 6.47. The van der Waals surface area contributed by atoms with Crippen molar-refractivity contribution in [1.82, 2.24) is 4.98 Å². The summed E-state index contributed by atoms with van der Waals surface area (Å²) in [7, 11) is 0. The Morgan fingerprint density at radius 3 is 2.79 bits per heavy atom. The van der Waals surface area contributed by atoms with E-state index in [1.165, 1.54) is 5.56 Å². The van der Waals surface area contributed by atoms with Crippen LogP contribution >= 0.6 is 0 Å². The molecule has 2 N–H and O–H groups in total.